The number of aliphatic imine (C=N–C) groups is 1. The molecule has 2 heterocycles. The highest BCUT2D eigenvalue weighted by atomic mass is 127. The van der Waals surface area contributed by atoms with Crippen LogP contribution in [-0.2, 0) is 24.2 Å². The van der Waals surface area contributed by atoms with Gasteiger partial charge in [0, 0.05) is 33.7 Å². The number of guanidine groups is 1. The molecule has 1 aliphatic heterocycles. The van der Waals surface area contributed by atoms with E-state index in [1.165, 1.54) is 19.3 Å². The van der Waals surface area contributed by atoms with Gasteiger partial charge in [0.25, 0.3) is 0 Å². The van der Waals surface area contributed by atoms with E-state index in [1.807, 2.05) is 0 Å². The Labute approximate surface area is 168 Å². The van der Waals surface area contributed by atoms with Gasteiger partial charge in [0.1, 0.15) is 5.82 Å². The maximum atomic E-state index is 5.58. The molecule has 2 rings (SSSR count). The number of nitrogens with zero attached hydrogens (tertiary/aromatic N) is 4. The fourth-order valence-electron chi connectivity index (χ4n) is 2.99. The van der Waals surface area contributed by atoms with Gasteiger partial charge in [-0.3, -0.25) is 4.99 Å². The number of rotatable bonds is 5. The summed E-state index contributed by atoms with van der Waals surface area (Å²) in [6, 6.07) is 0. The fraction of sp³-hybridized carbons (Fsp3) is 0.824. The Kier molecular flexibility index (Phi) is 9.12. The summed E-state index contributed by atoms with van der Waals surface area (Å²) < 4.78 is 7.83. The van der Waals surface area contributed by atoms with Crippen LogP contribution in [0.5, 0.6) is 0 Å². The molecule has 0 fully saturated rings. The molecule has 0 saturated carbocycles. The second-order valence-corrected chi connectivity index (χ2v) is 7.39. The standard InChI is InChI=1S/C17H32N6O.HI/c1-17(2,3)13(24-5)11-19-16(18-4)20-12-15-22-21-14-9-7-6-8-10-23(14)15;/h13H,6-12H2,1-5H3,(H2,18,19,20);1H. The van der Waals surface area contributed by atoms with Crippen molar-refractivity contribution in [1.82, 2.24) is 25.4 Å². The largest absolute Gasteiger partial charge is 0.379 e. The van der Waals surface area contributed by atoms with Crippen LogP contribution in [0.1, 0.15) is 51.7 Å². The van der Waals surface area contributed by atoms with Gasteiger partial charge < -0.3 is 19.9 Å². The zero-order chi connectivity index (χ0) is 17.6. The SMILES string of the molecule is CN=C(NCc1nnc2n1CCCCC2)NCC(OC)C(C)(C)C.I. The number of methoxy groups -OCH3 is 1. The summed E-state index contributed by atoms with van der Waals surface area (Å²) in [7, 11) is 3.53. The number of halogens is 1. The summed E-state index contributed by atoms with van der Waals surface area (Å²) in [6.45, 7) is 8.86. The minimum Gasteiger partial charge on any atom is -0.379 e. The molecule has 144 valence electrons. The summed E-state index contributed by atoms with van der Waals surface area (Å²) in [5, 5.41) is 15.3. The minimum absolute atomic E-state index is 0. The van der Waals surface area contributed by atoms with Gasteiger partial charge in [-0.2, -0.15) is 0 Å². The van der Waals surface area contributed by atoms with Crippen LogP contribution in [0, 0.1) is 5.41 Å². The van der Waals surface area contributed by atoms with Crippen molar-refractivity contribution in [2.24, 2.45) is 10.4 Å². The predicted molar refractivity (Wildman–Crippen MR) is 111 cm³/mol. The molecule has 0 saturated heterocycles. The lowest BCUT2D eigenvalue weighted by Crippen LogP contribution is -2.45. The number of hydrogen-bond donors (Lipinski definition) is 2. The van der Waals surface area contributed by atoms with Crippen LogP contribution in [0.4, 0.5) is 0 Å². The zero-order valence-electron chi connectivity index (χ0n) is 16.1. The highest BCUT2D eigenvalue weighted by Gasteiger charge is 2.24. The Balaban J connectivity index is 0.00000312. The van der Waals surface area contributed by atoms with Gasteiger partial charge >= 0.3 is 0 Å². The predicted octanol–water partition coefficient (Wildman–Crippen LogP) is 2.35. The van der Waals surface area contributed by atoms with Crippen LogP contribution in [-0.4, -0.2) is 47.5 Å². The molecule has 0 spiro atoms. The van der Waals surface area contributed by atoms with Crippen molar-refractivity contribution in [2.75, 3.05) is 20.7 Å². The molecule has 1 unspecified atom stereocenters. The van der Waals surface area contributed by atoms with Crippen molar-refractivity contribution in [2.45, 2.75) is 65.6 Å². The average molecular weight is 464 g/mol. The lowest BCUT2D eigenvalue weighted by molar-refractivity contribution is 0.0205. The topological polar surface area (TPSA) is 76.4 Å². The number of ether oxygens (including phenoxy) is 1. The van der Waals surface area contributed by atoms with E-state index < -0.39 is 0 Å². The van der Waals surface area contributed by atoms with Crippen LogP contribution in [0.25, 0.3) is 0 Å². The lowest BCUT2D eigenvalue weighted by atomic mass is 9.89. The van der Waals surface area contributed by atoms with Gasteiger partial charge in [0.05, 0.1) is 12.6 Å². The number of hydrogen-bond acceptors (Lipinski definition) is 4. The van der Waals surface area contributed by atoms with Crippen molar-refractivity contribution in [3.05, 3.63) is 11.6 Å². The Morgan fingerprint density at radius 1 is 1.24 bits per heavy atom. The third-order valence-corrected chi connectivity index (χ3v) is 4.53. The number of nitrogens with one attached hydrogen (secondary N) is 2. The Morgan fingerprint density at radius 2 is 2.00 bits per heavy atom. The van der Waals surface area contributed by atoms with Gasteiger partial charge in [0.15, 0.2) is 11.8 Å². The first-order valence-electron chi connectivity index (χ1n) is 8.84. The van der Waals surface area contributed by atoms with E-state index in [4.69, 9.17) is 4.74 Å². The molecule has 0 amide bonds. The normalized spacial score (nSPS) is 16.4. The van der Waals surface area contributed by atoms with Gasteiger partial charge in [-0.15, -0.1) is 34.2 Å². The van der Waals surface area contributed by atoms with Gasteiger partial charge in [0.2, 0.25) is 0 Å². The monoisotopic (exact) mass is 464 g/mol. The van der Waals surface area contributed by atoms with E-state index in [9.17, 15) is 0 Å². The molecule has 0 bridgehead atoms. The molecule has 0 radical (unpaired) electrons. The first kappa shape index (κ1) is 22.1. The van der Waals surface area contributed by atoms with Crippen molar-refractivity contribution in [3.8, 4) is 0 Å². The quantitative estimate of drug-likeness (QED) is 0.398. The molecule has 2 N–H and O–H groups in total. The van der Waals surface area contributed by atoms with Crippen LogP contribution in [0.15, 0.2) is 4.99 Å². The highest BCUT2D eigenvalue weighted by Crippen LogP contribution is 2.20. The maximum Gasteiger partial charge on any atom is 0.191 e. The van der Waals surface area contributed by atoms with Gasteiger partial charge in [-0.25, -0.2) is 0 Å². The first-order chi connectivity index (χ1) is 11.5. The van der Waals surface area contributed by atoms with E-state index in [0.717, 1.165) is 30.6 Å². The summed E-state index contributed by atoms with van der Waals surface area (Å²) in [6.07, 6.45) is 4.82. The Morgan fingerprint density at radius 3 is 2.64 bits per heavy atom. The molecule has 8 heteroatoms. The molecule has 0 aromatic carbocycles. The van der Waals surface area contributed by atoms with E-state index in [0.29, 0.717) is 13.1 Å². The lowest BCUT2D eigenvalue weighted by Gasteiger charge is -2.30. The number of aromatic nitrogens is 3. The van der Waals surface area contributed by atoms with Gasteiger partial charge in [-0.05, 0) is 18.3 Å². The minimum atomic E-state index is 0. The number of fused-ring (bicyclic) bond motifs is 1. The molecule has 1 aromatic heterocycles. The summed E-state index contributed by atoms with van der Waals surface area (Å²) in [4.78, 5) is 4.29. The van der Waals surface area contributed by atoms with Crippen molar-refractivity contribution < 1.29 is 4.74 Å². The third kappa shape index (κ3) is 6.40. The van der Waals surface area contributed by atoms with Crippen molar-refractivity contribution in [3.63, 3.8) is 0 Å². The van der Waals surface area contributed by atoms with E-state index in [-0.39, 0.29) is 35.5 Å². The molecule has 1 atom stereocenters. The van der Waals surface area contributed by atoms with Crippen LogP contribution >= 0.6 is 24.0 Å². The third-order valence-electron chi connectivity index (χ3n) is 4.53. The van der Waals surface area contributed by atoms with Gasteiger partial charge in [-0.1, -0.05) is 27.2 Å². The molecule has 1 aromatic rings. The zero-order valence-corrected chi connectivity index (χ0v) is 18.5. The van der Waals surface area contributed by atoms with E-state index in [2.05, 4.69) is 51.2 Å². The van der Waals surface area contributed by atoms with Crippen LogP contribution in [0.2, 0.25) is 0 Å². The summed E-state index contributed by atoms with van der Waals surface area (Å²) in [5.74, 6) is 2.85. The molecule has 7 nitrogen and oxygen atoms in total. The summed E-state index contributed by atoms with van der Waals surface area (Å²) >= 11 is 0. The van der Waals surface area contributed by atoms with Crippen molar-refractivity contribution >= 4 is 29.9 Å². The number of aryl methyl sites for hydroxylation is 1. The van der Waals surface area contributed by atoms with Crippen molar-refractivity contribution in [1.29, 1.82) is 0 Å². The Hall–Kier alpha value is -0.900. The summed E-state index contributed by atoms with van der Waals surface area (Å²) in [5.41, 5.74) is 0.0743. The molecule has 1 aliphatic rings. The average Bonchev–Trinajstić information content (AvgIpc) is 2.77. The maximum absolute atomic E-state index is 5.58. The first-order valence-corrected chi connectivity index (χ1v) is 8.84. The molecule has 25 heavy (non-hydrogen) atoms. The fourth-order valence-corrected chi connectivity index (χ4v) is 2.99. The Bertz CT molecular complexity index is 552. The van der Waals surface area contributed by atoms with Crippen LogP contribution in [0.3, 0.4) is 0 Å². The second kappa shape index (κ2) is 10.3. The molecular formula is C17H33IN6O. The van der Waals surface area contributed by atoms with E-state index in [1.54, 1.807) is 14.2 Å². The molecular weight excluding hydrogens is 431 g/mol. The second-order valence-electron chi connectivity index (χ2n) is 7.39. The van der Waals surface area contributed by atoms with Crippen LogP contribution < -0.4 is 10.6 Å². The van der Waals surface area contributed by atoms with E-state index >= 15 is 0 Å². The molecule has 0 aliphatic carbocycles. The smallest absolute Gasteiger partial charge is 0.191 e. The highest BCUT2D eigenvalue weighted by molar-refractivity contribution is 14.0.